The first kappa shape index (κ1) is 54.2. The third-order valence-corrected chi connectivity index (χ3v) is 23.9. The molecule has 2 nitrogen and oxygen atoms in total. The van der Waals surface area contributed by atoms with Gasteiger partial charge in [0.25, 0.3) is 0 Å². The van der Waals surface area contributed by atoms with Crippen molar-refractivity contribution in [2.75, 3.05) is 9.80 Å². The van der Waals surface area contributed by atoms with Crippen LogP contribution in [0.15, 0.2) is 212 Å². The van der Waals surface area contributed by atoms with Gasteiger partial charge in [-0.2, -0.15) is 0 Å². The number of fused-ring (bicyclic) bond motifs is 14. The van der Waals surface area contributed by atoms with Crippen molar-refractivity contribution in [3.63, 3.8) is 0 Å². The number of benzene rings is 9. The van der Waals surface area contributed by atoms with Crippen LogP contribution >= 0.6 is 0 Å². The fraction of sp³-hybridized carbons (Fsp3) is 0.326. The normalized spacial score (nSPS) is 22.0. The van der Waals surface area contributed by atoms with E-state index < -0.39 is 0 Å². The van der Waals surface area contributed by atoms with Gasteiger partial charge in [0.1, 0.15) is 0 Å². The van der Waals surface area contributed by atoms with Gasteiger partial charge >= 0.3 is 0 Å². The number of anilines is 5. The predicted octanol–water partition coefficient (Wildman–Crippen LogP) is 23.7. The van der Waals surface area contributed by atoms with Gasteiger partial charge in [0.05, 0.1) is 0 Å². The van der Waals surface area contributed by atoms with E-state index in [9.17, 15) is 0 Å². The van der Waals surface area contributed by atoms with Crippen molar-refractivity contribution in [2.45, 2.75) is 171 Å². The summed E-state index contributed by atoms with van der Waals surface area (Å²) >= 11 is 0. The minimum absolute atomic E-state index is 0.0148. The Morgan fingerprint density at radius 2 is 0.841 bits per heavy atom. The van der Waals surface area contributed by atoms with Gasteiger partial charge in [0.15, 0.2) is 0 Å². The summed E-state index contributed by atoms with van der Waals surface area (Å²) in [5.74, 6) is 2.18. The average molecular weight is 1150 g/mol. The molecule has 3 atom stereocenters. The van der Waals surface area contributed by atoms with Crippen LogP contribution in [0.5, 0.6) is 0 Å². The highest BCUT2D eigenvalue weighted by Crippen LogP contribution is 2.59. The molecule has 2 fully saturated rings. The van der Waals surface area contributed by atoms with Crippen LogP contribution in [0.1, 0.15) is 205 Å². The smallest absolute Gasteiger partial charge is 0.0468 e. The first-order valence-corrected chi connectivity index (χ1v) is 33.8. The highest BCUT2D eigenvalue weighted by atomic mass is 15.2. The van der Waals surface area contributed by atoms with Gasteiger partial charge in [-0.25, -0.2) is 0 Å². The highest BCUT2D eigenvalue weighted by molar-refractivity contribution is 6.09. The Hall–Kier alpha value is -7.94. The van der Waals surface area contributed by atoms with E-state index in [-0.39, 0.29) is 21.7 Å². The van der Waals surface area contributed by atoms with E-state index in [1.54, 1.807) is 11.1 Å². The summed E-state index contributed by atoms with van der Waals surface area (Å²) in [5.41, 5.74) is 28.9. The molecule has 0 spiro atoms. The molecule has 0 amide bonds. The molecular formula is C86H84N2. The van der Waals surface area contributed by atoms with Crippen molar-refractivity contribution in [1.82, 2.24) is 0 Å². The number of hydrogen-bond donors (Lipinski definition) is 0. The van der Waals surface area contributed by atoms with Crippen molar-refractivity contribution in [3.05, 3.63) is 267 Å². The fourth-order valence-corrected chi connectivity index (χ4v) is 19.3. The highest BCUT2D eigenvalue weighted by Gasteiger charge is 2.46. The lowest BCUT2D eigenvalue weighted by atomic mass is 9.74. The lowest BCUT2D eigenvalue weighted by molar-refractivity contribution is 0.394. The van der Waals surface area contributed by atoms with Gasteiger partial charge in [-0.05, 0) is 221 Å². The summed E-state index contributed by atoms with van der Waals surface area (Å²) in [4.78, 5) is 5.32. The maximum atomic E-state index is 2.69. The lowest BCUT2D eigenvalue weighted by Crippen LogP contribution is -2.24. The molecular weight excluding hydrogens is 1060 g/mol. The second-order valence-corrected chi connectivity index (χ2v) is 30.0. The zero-order valence-electron chi connectivity index (χ0n) is 53.1. The van der Waals surface area contributed by atoms with Crippen molar-refractivity contribution in [3.8, 4) is 22.3 Å². The van der Waals surface area contributed by atoms with Crippen LogP contribution < -0.4 is 9.80 Å². The van der Waals surface area contributed by atoms with Crippen LogP contribution in [-0.4, -0.2) is 0 Å². The first-order chi connectivity index (χ1) is 42.7. The monoisotopic (exact) mass is 1140 g/mol. The zero-order chi connectivity index (χ0) is 59.6. The average Bonchev–Trinajstić information content (AvgIpc) is 1.24. The van der Waals surface area contributed by atoms with Gasteiger partial charge in [-0.15, -0.1) is 0 Å². The molecule has 438 valence electrons. The second-order valence-electron chi connectivity index (χ2n) is 30.0. The van der Waals surface area contributed by atoms with Crippen LogP contribution in [0.3, 0.4) is 0 Å². The van der Waals surface area contributed by atoms with Gasteiger partial charge in [-0.1, -0.05) is 233 Å². The van der Waals surface area contributed by atoms with E-state index in [0.717, 1.165) is 6.42 Å². The third kappa shape index (κ3) is 7.91. The molecule has 0 heterocycles. The summed E-state index contributed by atoms with van der Waals surface area (Å²) in [6.07, 6.45) is 28.3. The number of allylic oxidation sites excluding steroid dienone is 7. The van der Waals surface area contributed by atoms with Crippen LogP contribution in [0, 0.1) is 5.92 Å². The molecule has 0 bridgehead atoms. The molecule has 8 aliphatic carbocycles. The van der Waals surface area contributed by atoms with Gasteiger partial charge in [0, 0.05) is 62.2 Å². The Labute approximate surface area is 523 Å². The first-order valence-electron chi connectivity index (χ1n) is 33.8. The summed E-state index contributed by atoms with van der Waals surface area (Å²) in [7, 11) is 0. The number of hydrogen-bond acceptors (Lipinski definition) is 2. The van der Waals surface area contributed by atoms with Crippen LogP contribution in [0.25, 0.3) is 43.8 Å². The van der Waals surface area contributed by atoms with Gasteiger partial charge in [-0.3, -0.25) is 0 Å². The second kappa shape index (κ2) is 19.8. The van der Waals surface area contributed by atoms with E-state index in [2.05, 4.69) is 265 Å². The summed E-state index contributed by atoms with van der Waals surface area (Å²) in [6.45, 7) is 19.6. The molecule has 2 heteroatoms. The van der Waals surface area contributed by atoms with Gasteiger partial charge < -0.3 is 9.80 Å². The molecule has 17 rings (SSSR count). The Kier molecular flexibility index (Phi) is 12.2. The molecule has 2 saturated carbocycles. The van der Waals surface area contributed by atoms with Crippen molar-refractivity contribution in [2.24, 2.45) is 5.92 Å². The number of rotatable bonds is 8. The van der Waals surface area contributed by atoms with Crippen molar-refractivity contribution < 1.29 is 0 Å². The van der Waals surface area contributed by atoms with Crippen LogP contribution in [0.2, 0.25) is 0 Å². The zero-order valence-corrected chi connectivity index (χ0v) is 53.1. The Bertz CT molecular complexity index is 4530. The summed E-state index contributed by atoms with van der Waals surface area (Å²) < 4.78 is 0. The Morgan fingerprint density at radius 1 is 0.375 bits per heavy atom. The minimum Gasteiger partial charge on any atom is -0.311 e. The third-order valence-electron chi connectivity index (χ3n) is 23.9. The van der Waals surface area contributed by atoms with Crippen LogP contribution in [0.4, 0.5) is 28.4 Å². The van der Waals surface area contributed by atoms with Gasteiger partial charge in [0.2, 0.25) is 0 Å². The quantitative estimate of drug-likeness (QED) is 0.140. The van der Waals surface area contributed by atoms with E-state index in [1.807, 2.05) is 0 Å². The molecule has 0 aromatic heterocycles. The largest absolute Gasteiger partial charge is 0.311 e. The van der Waals surface area contributed by atoms with E-state index in [1.165, 1.54) is 192 Å². The maximum absolute atomic E-state index is 2.69. The molecule has 0 N–H and O–H groups in total. The lowest BCUT2D eigenvalue weighted by Gasteiger charge is -2.35. The minimum atomic E-state index is -0.129. The van der Waals surface area contributed by atoms with Crippen molar-refractivity contribution in [1.29, 1.82) is 0 Å². The van der Waals surface area contributed by atoms with Crippen molar-refractivity contribution >= 4 is 50.0 Å². The van der Waals surface area contributed by atoms with E-state index in [4.69, 9.17) is 0 Å². The topological polar surface area (TPSA) is 6.48 Å². The SMILES string of the molecule is CC1(C)C2=CC(N(c3ccc4c(c3)C(C)(C)c3ccccc3-4)c3ccc4c(C5CCCCC5)c5cc(N(c6ccc7c(c6)C(C)(C)c6ccccc6-7)c6ccc7c(c6)C(C)(C)C6C=CC=CC76)ccc5c(C5CCCCC5)c4c3)=CCC2c2ccccc21. The molecule has 3 unspecified atom stereocenters. The standard InChI is InChI=1S/C86H84N2/c1-83(2)73-31-19-15-27-61(73)65-41-35-57(49-77(65)83)87(58-36-42-66-62-28-16-20-32-74(62)84(3,4)78(66)50-58)55-39-45-69-71(47-55)81(53-23-11-9-12-24-53)70-46-40-56(48-72(70)82(69)54-25-13-10-14-26-54)88(59-37-43-67-63-29-17-21-33-75(63)85(5,6)79(67)51-59)60-38-44-68-64-30-18-22-34-76(64)86(7,8)80(68)52-60/h15-22,27-43,45-54,61,68,73H,9-14,23-26,44H2,1-8H3. The molecule has 88 heavy (non-hydrogen) atoms. The molecule has 0 radical (unpaired) electrons. The Morgan fingerprint density at radius 3 is 1.43 bits per heavy atom. The fourth-order valence-electron chi connectivity index (χ4n) is 19.3. The number of nitrogens with zero attached hydrogens (tertiary/aromatic N) is 2. The van der Waals surface area contributed by atoms with Crippen LogP contribution in [-0.2, 0) is 21.7 Å². The molecule has 8 aliphatic rings. The molecule has 0 saturated heterocycles. The molecule has 0 aliphatic heterocycles. The summed E-state index contributed by atoms with van der Waals surface area (Å²) in [5, 5.41) is 5.89. The summed E-state index contributed by atoms with van der Waals surface area (Å²) in [6, 6.07) is 65.6. The van der Waals surface area contributed by atoms with E-state index >= 15 is 0 Å². The van der Waals surface area contributed by atoms with E-state index in [0.29, 0.717) is 29.6 Å². The molecule has 9 aromatic carbocycles. The maximum Gasteiger partial charge on any atom is 0.0468 e. The predicted molar refractivity (Wildman–Crippen MR) is 372 cm³/mol. The molecule has 9 aromatic rings. The Balaban J connectivity index is 0.888.